The molecule has 0 aromatic rings. The lowest BCUT2D eigenvalue weighted by Gasteiger charge is -2.05. The number of aldehydes is 1. The molecule has 48 valence electrons. The van der Waals surface area contributed by atoms with E-state index in [0.717, 1.165) is 12.8 Å². The van der Waals surface area contributed by atoms with E-state index in [1.165, 1.54) is 0 Å². The smallest absolute Gasteiger partial charge is 0.121 e. The quantitative estimate of drug-likeness (QED) is 0.543. The third-order valence-corrected chi connectivity index (χ3v) is 1.00. The number of nitrogens with one attached hydrogen (secondary N) is 1. The summed E-state index contributed by atoms with van der Waals surface area (Å²) >= 11 is 0. The predicted molar refractivity (Wildman–Crippen MR) is 33.8 cm³/mol. The standard InChI is InChI=1S/C6H13NO/c1-3-7-6(2)4-5-8/h5-7H,3-4H2,1-2H3. The van der Waals surface area contributed by atoms with Gasteiger partial charge in [-0.1, -0.05) is 6.92 Å². The first-order valence-corrected chi connectivity index (χ1v) is 2.98. The summed E-state index contributed by atoms with van der Waals surface area (Å²) in [6.45, 7) is 4.97. The van der Waals surface area contributed by atoms with E-state index in [4.69, 9.17) is 0 Å². The van der Waals surface area contributed by atoms with Crippen LogP contribution in [-0.2, 0) is 4.79 Å². The fraction of sp³-hybridized carbons (Fsp3) is 0.833. The highest BCUT2D eigenvalue weighted by Crippen LogP contribution is 1.82. The van der Waals surface area contributed by atoms with Crippen molar-refractivity contribution in [3.05, 3.63) is 0 Å². The van der Waals surface area contributed by atoms with Crippen LogP contribution in [0.4, 0.5) is 0 Å². The van der Waals surface area contributed by atoms with Crippen molar-refractivity contribution >= 4 is 6.29 Å². The van der Waals surface area contributed by atoms with Crippen LogP contribution in [0.1, 0.15) is 20.3 Å². The molecular weight excluding hydrogens is 102 g/mol. The highest BCUT2D eigenvalue weighted by Gasteiger charge is 1.94. The number of carbonyl (C=O) groups is 1. The van der Waals surface area contributed by atoms with Gasteiger partial charge in [0.25, 0.3) is 0 Å². The Kier molecular flexibility index (Phi) is 4.56. The minimum atomic E-state index is 0.345. The maximum atomic E-state index is 9.85. The first-order valence-electron chi connectivity index (χ1n) is 2.98. The molecule has 1 unspecified atom stereocenters. The molecule has 2 heteroatoms. The summed E-state index contributed by atoms with van der Waals surface area (Å²) in [5.41, 5.74) is 0. The second-order valence-corrected chi connectivity index (χ2v) is 1.86. The molecular formula is C6H13NO. The van der Waals surface area contributed by atoms with Gasteiger partial charge in [0.15, 0.2) is 0 Å². The Morgan fingerprint density at radius 1 is 1.75 bits per heavy atom. The van der Waals surface area contributed by atoms with Crippen LogP contribution >= 0.6 is 0 Å². The summed E-state index contributed by atoms with van der Waals surface area (Å²) in [7, 11) is 0. The normalized spacial score (nSPS) is 13.2. The van der Waals surface area contributed by atoms with Crippen molar-refractivity contribution in [3.63, 3.8) is 0 Å². The highest BCUT2D eigenvalue weighted by atomic mass is 16.1. The topological polar surface area (TPSA) is 29.1 Å². The van der Waals surface area contributed by atoms with E-state index in [-0.39, 0.29) is 0 Å². The van der Waals surface area contributed by atoms with Crippen molar-refractivity contribution in [2.24, 2.45) is 0 Å². The van der Waals surface area contributed by atoms with E-state index in [9.17, 15) is 4.79 Å². The lowest BCUT2D eigenvalue weighted by Crippen LogP contribution is -2.25. The molecule has 1 atom stereocenters. The summed E-state index contributed by atoms with van der Waals surface area (Å²) in [4.78, 5) is 9.85. The molecule has 0 rings (SSSR count). The average Bonchev–Trinajstić information content (AvgIpc) is 1.68. The van der Waals surface area contributed by atoms with Crippen LogP contribution in [0.2, 0.25) is 0 Å². The molecule has 0 saturated carbocycles. The van der Waals surface area contributed by atoms with Gasteiger partial charge in [-0.05, 0) is 13.5 Å². The van der Waals surface area contributed by atoms with Crippen molar-refractivity contribution in [1.82, 2.24) is 5.32 Å². The second kappa shape index (κ2) is 4.78. The van der Waals surface area contributed by atoms with Gasteiger partial charge in [0.2, 0.25) is 0 Å². The van der Waals surface area contributed by atoms with Crippen molar-refractivity contribution < 1.29 is 4.79 Å². The van der Waals surface area contributed by atoms with Gasteiger partial charge in [-0.3, -0.25) is 0 Å². The van der Waals surface area contributed by atoms with Gasteiger partial charge in [0, 0.05) is 12.5 Å². The van der Waals surface area contributed by atoms with Crippen LogP contribution in [0.5, 0.6) is 0 Å². The molecule has 0 aliphatic heterocycles. The minimum absolute atomic E-state index is 0.345. The molecule has 0 aromatic carbocycles. The molecule has 0 spiro atoms. The van der Waals surface area contributed by atoms with Crippen LogP contribution in [0.25, 0.3) is 0 Å². The Balaban J connectivity index is 3.03. The summed E-state index contributed by atoms with van der Waals surface area (Å²) in [6, 6.07) is 0.345. The van der Waals surface area contributed by atoms with E-state index < -0.39 is 0 Å². The zero-order valence-corrected chi connectivity index (χ0v) is 5.48. The van der Waals surface area contributed by atoms with E-state index in [1.807, 2.05) is 13.8 Å². The lowest BCUT2D eigenvalue weighted by atomic mass is 10.2. The zero-order valence-electron chi connectivity index (χ0n) is 5.48. The van der Waals surface area contributed by atoms with Crippen molar-refractivity contribution in [1.29, 1.82) is 0 Å². The fourth-order valence-corrected chi connectivity index (χ4v) is 0.576. The van der Waals surface area contributed by atoms with Crippen LogP contribution in [-0.4, -0.2) is 18.9 Å². The Hall–Kier alpha value is -0.370. The first kappa shape index (κ1) is 7.63. The molecule has 0 amide bonds. The SMILES string of the molecule is CCNC(C)CC=O. The molecule has 0 radical (unpaired) electrons. The van der Waals surface area contributed by atoms with Crippen molar-refractivity contribution in [2.45, 2.75) is 26.3 Å². The Morgan fingerprint density at radius 3 is 2.75 bits per heavy atom. The van der Waals surface area contributed by atoms with Crippen LogP contribution in [0.3, 0.4) is 0 Å². The maximum absolute atomic E-state index is 9.85. The van der Waals surface area contributed by atoms with Crippen LogP contribution < -0.4 is 5.32 Å². The first-order chi connectivity index (χ1) is 3.81. The summed E-state index contributed by atoms with van der Waals surface area (Å²) in [5.74, 6) is 0. The van der Waals surface area contributed by atoms with E-state index in [0.29, 0.717) is 12.5 Å². The lowest BCUT2D eigenvalue weighted by molar-refractivity contribution is -0.108. The zero-order chi connectivity index (χ0) is 6.41. The summed E-state index contributed by atoms with van der Waals surface area (Å²) in [6.07, 6.45) is 1.56. The predicted octanol–water partition coefficient (Wildman–Crippen LogP) is 0.573. The van der Waals surface area contributed by atoms with Gasteiger partial charge in [-0.2, -0.15) is 0 Å². The summed E-state index contributed by atoms with van der Waals surface area (Å²) in [5, 5.41) is 3.12. The molecule has 0 saturated heterocycles. The molecule has 0 bridgehead atoms. The molecule has 0 aliphatic carbocycles. The number of hydrogen-bond acceptors (Lipinski definition) is 2. The number of carbonyl (C=O) groups excluding carboxylic acids is 1. The monoisotopic (exact) mass is 115 g/mol. The van der Waals surface area contributed by atoms with Gasteiger partial charge >= 0.3 is 0 Å². The molecule has 2 nitrogen and oxygen atoms in total. The van der Waals surface area contributed by atoms with E-state index in [2.05, 4.69) is 5.32 Å². The van der Waals surface area contributed by atoms with Crippen molar-refractivity contribution in [2.75, 3.05) is 6.54 Å². The largest absolute Gasteiger partial charge is 0.314 e. The van der Waals surface area contributed by atoms with Gasteiger partial charge in [0.1, 0.15) is 6.29 Å². The summed E-state index contributed by atoms with van der Waals surface area (Å²) < 4.78 is 0. The van der Waals surface area contributed by atoms with E-state index in [1.54, 1.807) is 0 Å². The van der Waals surface area contributed by atoms with Crippen molar-refractivity contribution in [3.8, 4) is 0 Å². The maximum Gasteiger partial charge on any atom is 0.121 e. The molecule has 8 heavy (non-hydrogen) atoms. The third-order valence-electron chi connectivity index (χ3n) is 1.00. The molecule has 1 N–H and O–H groups in total. The Morgan fingerprint density at radius 2 is 2.38 bits per heavy atom. The highest BCUT2D eigenvalue weighted by molar-refractivity contribution is 5.50. The van der Waals surface area contributed by atoms with Gasteiger partial charge < -0.3 is 10.1 Å². The van der Waals surface area contributed by atoms with Crippen LogP contribution in [0, 0.1) is 0 Å². The minimum Gasteiger partial charge on any atom is -0.314 e. The second-order valence-electron chi connectivity index (χ2n) is 1.86. The molecule has 0 aromatic heterocycles. The molecule has 0 fully saturated rings. The van der Waals surface area contributed by atoms with Crippen LogP contribution in [0.15, 0.2) is 0 Å². The fourth-order valence-electron chi connectivity index (χ4n) is 0.576. The molecule has 0 aliphatic rings. The van der Waals surface area contributed by atoms with Gasteiger partial charge in [-0.15, -0.1) is 0 Å². The third kappa shape index (κ3) is 3.81. The van der Waals surface area contributed by atoms with Gasteiger partial charge in [0.05, 0.1) is 0 Å². The Bertz CT molecular complexity index is 63.5. The Labute approximate surface area is 50.3 Å². The molecule has 0 heterocycles. The number of hydrogen-bond donors (Lipinski definition) is 1. The average molecular weight is 115 g/mol. The number of rotatable bonds is 4. The van der Waals surface area contributed by atoms with E-state index >= 15 is 0 Å². The van der Waals surface area contributed by atoms with Gasteiger partial charge in [-0.25, -0.2) is 0 Å².